The van der Waals surface area contributed by atoms with Crippen molar-refractivity contribution in [3.63, 3.8) is 0 Å². The monoisotopic (exact) mass is 272 g/mol. The average Bonchev–Trinajstić information content (AvgIpc) is 2.53. The van der Waals surface area contributed by atoms with Crippen molar-refractivity contribution >= 4 is 11.7 Å². The Bertz CT molecular complexity index is 567. The van der Waals surface area contributed by atoms with Gasteiger partial charge in [-0.2, -0.15) is 0 Å². The Morgan fingerprint density at radius 1 is 1.20 bits per heavy atom. The van der Waals surface area contributed by atoms with Crippen molar-refractivity contribution in [1.29, 1.82) is 0 Å². The van der Waals surface area contributed by atoms with Gasteiger partial charge in [0.2, 0.25) is 5.88 Å². The molecule has 2 N–H and O–H groups in total. The number of anilines is 1. The minimum atomic E-state index is -0.170. The molecule has 0 spiro atoms. The number of amides is 1. The first-order chi connectivity index (χ1) is 9.72. The molecule has 6 heteroatoms. The number of hydrogen-bond donors (Lipinski definition) is 2. The molecule has 0 unspecified atom stereocenters. The van der Waals surface area contributed by atoms with Crippen LogP contribution < -0.4 is 15.4 Å². The molecule has 2 aromatic heterocycles. The number of nitrogens with one attached hydrogen (secondary N) is 2. The number of methoxy groups -OCH3 is 1. The summed E-state index contributed by atoms with van der Waals surface area (Å²) in [7, 11) is 3.34. The second kappa shape index (κ2) is 6.51. The molecule has 0 aliphatic heterocycles. The standard InChI is InChI=1S/C14H16N4O2/c1-15-12-5-4-11(9-16-12)14(19)18-8-10-3-6-13(20-2)17-7-10/h3-7,9H,8H2,1-2H3,(H,15,16)(H,18,19). The lowest BCUT2D eigenvalue weighted by atomic mass is 10.2. The second-order valence-corrected chi connectivity index (χ2v) is 4.07. The zero-order valence-electron chi connectivity index (χ0n) is 11.4. The largest absolute Gasteiger partial charge is 0.481 e. The smallest absolute Gasteiger partial charge is 0.253 e. The van der Waals surface area contributed by atoms with Gasteiger partial charge in [0.1, 0.15) is 5.82 Å². The van der Waals surface area contributed by atoms with Crippen LogP contribution in [0.4, 0.5) is 5.82 Å². The van der Waals surface area contributed by atoms with Crippen LogP contribution in [0.2, 0.25) is 0 Å². The van der Waals surface area contributed by atoms with Crippen molar-refractivity contribution in [1.82, 2.24) is 15.3 Å². The number of hydrogen-bond acceptors (Lipinski definition) is 5. The molecule has 6 nitrogen and oxygen atoms in total. The van der Waals surface area contributed by atoms with E-state index < -0.39 is 0 Å². The molecule has 2 aromatic rings. The van der Waals surface area contributed by atoms with Crippen LogP contribution in [0.3, 0.4) is 0 Å². The van der Waals surface area contributed by atoms with E-state index in [-0.39, 0.29) is 5.91 Å². The SMILES string of the molecule is CNc1ccc(C(=O)NCc2ccc(OC)nc2)cn1. The van der Waals surface area contributed by atoms with E-state index in [1.807, 2.05) is 6.07 Å². The van der Waals surface area contributed by atoms with Crippen LogP contribution in [0.1, 0.15) is 15.9 Å². The highest BCUT2D eigenvalue weighted by Crippen LogP contribution is 2.07. The zero-order chi connectivity index (χ0) is 14.4. The van der Waals surface area contributed by atoms with Gasteiger partial charge >= 0.3 is 0 Å². The molecule has 0 saturated heterocycles. The first-order valence-corrected chi connectivity index (χ1v) is 6.14. The molecule has 0 saturated carbocycles. The van der Waals surface area contributed by atoms with Crippen molar-refractivity contribution in [2.75, 3.05) is 19.5 Å². The highest BCUT2D eigenvalue weighted by molar-refractivity contribution is 5.93. The van der Waals surface area contributed by atoms with Crippen LogP contribution in [0.15, 0.2) is 36.7 Å². The fourth-order valence-corrected chi connectivity index (χ4v) is 1.60. The third kappa shape index (κ3) is 3.44. The van der Waals surface area contributed by atoms with Gasteiger partial charge < -0.3 is 15.4 Å². The van der Waals surface area contributed by atoms with Crippen molar-refractivity contribution in [2.24, 2.45) is 0 Å². The maximum atomic E-state index is 11.9. The van der Waals surface area contributed by atoms with Gasteiger partial charge in [-0.1, -0.05) is 6.07 Å². The summed E-state index contributed by atoms with van der Waals surface area (Å²) in [5, 5.41) is 5.71. The summed E-state index contributed by atoms with van der Waals surface area (Å²) >= 11 is 0. The molecule has 2 rings (SSSR count). The molecule has 0 aliphatic carbocycles. The minimum absolute atomic E-state index is 0.170. The summed E-state index contributed by atoms with van der Waals surface area (Å²) in [5.41, 5.74) is 1.42. The van der Waals surface area contributed by atoms with Crippen LogP contribution in [0.5, 0.6) is 5.88 Å². The molecule has 104 valence electrons. The van der Waals surface area contributed by atoms with E-state index in [4.69, 9.17) is 4.74 Å². The van der Waals surface area contributed by atoms with E-state index in [1.54, 1.807) is 38.6 Å². The van der Waals surface area contributed by atoms with Crippen LogP contribution in [-0.2, 0) is 6.54 Å². The van der Waals surface area contributed by atoms with Gasteiger partial charge in [-0.05, 0) is 17.7 Å². The fraction of sp³-hybridized carbons (Fsp3) is 0.214. The summed E-state index contributed by atoms with van der Waals surface area (Å²) < 4.78 is 4.97. The lowest BCUT2D eigenvalue weighted by Crippen LogP contribution is -2.23. The van der Waals surface area contributed by atoms with E-state index in [2.05, 4.69) is 20.6 Å². The van der Waals surface area contributed by atoms with Crippen molar-refractivity contribution in [3.8, 4) is 5.88 Å². The topological polar surface area (TPSA) is 76.1 Å². The van der Waals surface area contributed by atoms with Gasteiger partial charge in [0, 0.05) is 32.1 Å². The third-order valence-corrected chi connectivity index (χ3v) is 2.74. The Hall–Kier alpha value is -2.63. The van der Waals surface area contributed by atoms with Gasteiger partial charge in [-0.15, -0.1) is 0 Å². The molecule has 0 radical (unpaired) electrons. The maximum absolute atomic E-state index is 11.9. The fourth-order valence-electron chi connectivity index (χ4n) is 1.60. The molecule has 0 bridgehead atoms. The van der Waals surface area contributed by atoms with E-state index in [0.29, 0.717) is 18.0 Å². The van der Waals surface area contributed by atoms with Crippen molar-refractivity contribution in [2.45, 2.75) is 6.54 Å². The lowest BCUT2D eigenvalue weighted by Gasteiger charge is -2.06. The molecule has 20 heavy (non-hydrogen) atoms. The second-order valence-electron chi connectivity index (χ2n) is 4.07. The van der Waals surface area contributed by atoms with E-state index in [1.165, 1.54) is 6.20 Å². The molecule has 0 aliphatic rings. The molecular formula is C14H16N4O2. The summed E-state index contributed by atoms with van der Waals surface area (Å²) in [5.74, 6) is 1.10. The minimum Gasteiger partial charge on any atom is -0.481 e. The molecule has 0 fully saturated rings. The van der Waals surface area contributed by atoms with Gasteiger partial charge in [0.25, 0.3) is 5.91 Å². The molecule has 0 atom stereocenters. The predicted molar refractivity (Wildman–Crippen MR) is 75.7 cm³/mol. The molecular weight excluding hydrogens is 256 g/mol. The zero-order valence-corrected chi connectivity index (χ0v) is 11.4. The van der Waals surface area contributed by atoms with Gasteiger partial charge in [-0.25, -0.2) is 9.97 Å². The third-order valence-electron chi connectivity index (χ3n) is 2.74. The van der Waals surface area contributed by atoms with E-state index >= 15 is 0 Å². The van der Waals surface area contributed by atoms with E-state index in [9.17, 15) is 4.79 Å². The first kappa shape index (κ1) is 13.8. The van der Waals surface area contributed by atoms with Crippen LogP contribution in [-0.4, -0.2) is 30.0 Å². The van der Waals surface area contributed by atoms with Gasteiger partial charge in [-0.3, -0.25) is 4.79 Å². The number of aromatic nitrogens is 2. The Labute approximate surface area is 117 Å². The van der Waals surface area contributed by atoms with Crippen molar-refractivity contribution in [3.05, 3.63) is 47.8 Å². The summed E-state index contributed by atoms with van der Waals surface area (Å²) in [6.07, 6.45) is 3.20. The highest BCUT2D eigenvalue weighted by atomic mass is 16.5. The average molecular weight is 272 g/mol. The summed E-state index contributed by atoms with van der Waals surface area (Å²) in [4.78, 5) is 20.1. The Morgan fingerprint density at radius 2 is 2.05 bits per heavy atom. The number of pyridine rings is 2. The van der Waals surface area contributed by atoms with Crippen LogP contribution in [0.25, 0.3) is 0 Å². The number of carbonyl (C=O) groups is 1. The molecule has 1 amide bonds. The van der Waals surface area contributed by atoms with Crippen LogP contribution in [0, 0.1) is 0 Å². The molecule has 0 aromatic carbocycles. The Kier molecular flexibility index (Phi) is 4.49. The Balaban J connectivity index is 1.93. The van der Waals surface area contributed by atoms with Crippen molar-refractivity contribution < 1.29 is 9.53 Å². The number of carbonyl (C=O) groups excluding carboxylic acids is 1. The summed E-state index contributed by atoms with van der Waals surface area (Å²) in [6.45, 7) is 0.406. The molecule has 2 heterocycles. The normalized spacial score (nSPS) is 9.90. The van der Waals surface area contributed by atoms with E-state index in [0.717, 1.165) is 11.4 Å². The number of ether oxygens (including phenoxy) is 1. The van der Waals surface area contributed by atoms with Crippen LogP contribution >= 0.6 is 0 Å². The predicted octanol–water partition coefficient (Wildman–Crippen LogP) is 1.46. The quantitative estimate of drug-likeness (QED) is 0.861. The van der Waals surface area contributed by atoms with Gasteiger partial charge in [0.05, 0.1) is 12.7 Å². The highest BCUT2D eigenvalue weighted by Gasteiger charge is 2.06. The van der Waals surface area contributed by atoms with Gasteiger partial charge in [0.15, 0.2) is 0 Å². The number of rotatable bonds is 5. The lowest BCUT2D eigenvalue weighted by molar-refractivity contribution is 0.0950. The maximum Gasteiger partial charge on any atom is 0.253 e. The number of nitrogens with zero attached hydrogens (tertiary/aromatic N) is 2. The first-order valence-electron chi connectivity index (χ1n) is 6.14. The summed E-state index contributed by atoms with van der Waals surface area (Å²) in [6, 6.07) is 7.09. The Morgan fingerprint density at radius 3 is 2.60 bits per heavy atom.